The van der Waals surface area contributed by atoms with Gasteiger partial charge in [0.15, 0.2) is 0 Å². The molecule has 3 aromatic rings. The van der Waals surface area contributed by atoms with E-state index in [0.717, 1.165) is 22.6 Å². The minimum absolute atomic E-state index is 0.250. The molecule has 0 atom stereocenters. The van der Waals surface area contributed by atoms with Gasteiger partial charge in [-0.05, 0) is 23.6 Å². The quantitative estimate of drug-likeness (QED) is 0.672. The first-order valence-electron chi connectivity index (χ1n) is 7.40. The summed E-state index contributed by atoms with van der Waals surface area (Å²) in [5.41, 5.74) is 3.58. The van der Waals surface area contributed by atoms with Gasteiger partial charge in [-0.1, -0.05) is 68.4 Å². The topological polar surface area (TPSA) is 47.3 Å². The first-order valence-corrected chi connectivity index (χ1v) is 7.40. The monoisotopic (exact) mass is 306 g/mol. The fourth-order valence-corrected chi connectivity index (χ4v) is 2.28. The highest BCUT2D eigenvalue weighted by atomic mass is 16.3. The van der Waals surface area contributed by atoms with E-state index in [1.165, 1.54) is 5.56 Å². The van der Waals surface area contributed by atoms with Crippen molar-refractivity contribution in [2.24, 2.45) is 0 Å². The normalized spacial score (nSPS) is 9.87. The summed E-state index contributed by atoms with van der Waals surface area (Å²) in [5, 5.41) is 0. The summed E-state index contributed by atoms with van der Waals surface area (Å²) in [6.45, 7) is 4.41. The van der Waals surface area contributed by atoms with Gasteiger partial charge < -0.3 is 4.42 Å². The van der Waals surface area contributed by atoms with Crippen molar-refractivity contribution in [2.45, 2.75) is 19.8 Å². The molecule has 2 aromatic carbocycles. The second-order valence-electron chi connectivity index (χ2n) is 5.39. The molecule has 3 rings (SSSR count). The lowest BCUT2D eigenvalue weighted by Crippen LogP contribution is -1.85. The van der Waals surface area contributed by atoms with Gasteiger partial charge in [-0.25, -0.2) is 0 Å². The van der Waals surface area contributed by atoms with Crippen molar-refractivity contribution in [3.05, 3.63) is 72.3 Å². The molecule has 0 fully saturated rings. The second-order valence-corrected chi connectivity index (χ2v) is 5.39. The number of rotatable bonds is 3. The zero-order valence-corrected chi connectivity index (χ0v) is 13.2. The van der Waals surface area contributed by atoms with Crippen molar-refractivity contribution in [3.8, 4) is 22.6 Å². The van der Waals surface area contributed by atoms with Crippen LogP contribution >= 0.6 is 0 Å². The van der Waals surface area contributed by atoms with Crippen LogP contribution in [0.2, 0.25) is 0 Å². The third-order valence-corrected chi connectivity index (χ3v) is 3.53. The molecule has 0 spiro atoms. The van der Waals surface area contributed by atoms with Crippen molar-refractivity contribution >= 4 is 6.15 Å². The highest BCUT2D eigenvalue weighted by molar-refractivity contribution is 5.64. The lowest BCUT2D eigenvalue weighted by Gasteiger charge is -2.05. The maximum atomic E-state index is 8.12. The average Bonchev–Trinajstić information content (AvgIpc) is 3.06. The third kappa shape index (κ3) is 4.29. The summed E-state index contributed by atoms with van der Waals surface area (Å²) >= 11 is 0. The van der Waals surface area contributed by atoms with Crippen LogP contribution in [0.15, 0.2) is 71.1 Å². The van der Waals surface area contributed by atoms with E-state index in [-0.39, 0.29) is 6.15 Å². The first-order chi connectivity index (χ1) is 11.2. The molecule has 1 heterocycles. The van der Waals surface area contributed by atoms with E-state index in [2.05, 4.69) is 50.2 Å². The minimum atomic E-state index is 0.250. The van der Waals surface area contributed by atoms with Gasteiger partial charge in [0.25, 0.3) is 0 Å². The molecular weight excluding hydrogens is 288 g/mol. The van der Waals surface area contributed by atoms with Crippen LogP contribution < -0.4 is 0 Å². The summed E-state index contributed by atoms with van der Waals surface area (Å²) in [7, 11) is 0. The van der Waals surface area contributed by atoms with Crippen LogP contribution in [-0.2, 0) is 9.59 Å². The highest BCUT2D eigenvalue weighted by Gasteiger charge is 2.07. The lowest BCUT2D eigenvalue weighted by atomic mass is 10.0. The Kier molecular flexibility index (Phi) is 5.67. The maximum Gasteiger partial charge on any atom is 0.373 e. The van der Waals surface area contributed by atoms with Crippen LogP contribution in [0.5, 0.6) is 0 Å². The number of furan rings is 1. The average molecular weight is 306 g/mol. The molecule has 0 unspecified atom stereocenters. The van der Waals surface area contributed by atoms with Crippen LogP contribution in [0, 0.1) is 0 Å². The van der Waals surface area contributed by atoms with Crippen LogP contribution in [0.1, 0.15) is 25.3 Å². The smallest absolute Gasteiger partial charge is 0.373 e. The number of benzene rings is 2. The summed E-state index contributed by atoms with van der Waals surface area (Å²) in [4.78, 5) is 16.2. The second kappa shape index (κ2) is 7.92. The molecule has 0 saturated heterocycles. The third-order valence-electron chi connectivity index (χ3n) is 3.53. The first kappa shape index (κ1) is 16.5. The van der Waals surface area contributed by atoms with Gasteiger partial charge in [-0.3, -0.25) is 0 Å². The minimum Gasteiger partial charge on any atom is -0.456 e. The SMILES string of the molecule is CC(C)c1ccc(-c2ccc(-c3ccccc3)o2)cc1.O=C=O. The fraction of sp³-hybridized carbons (Fsp3) is 0.150. The zero-order chi connectivity index (χ0) is 16.7. The van der Waals surface area contributed by atoms with Crippen LogP contribution in [0.25, 0.3) is 22.6 Å². The van der Waals surface area contributed by atoms with Crippen molar-refractivity contribution in [1.29, 1.82) is 0 Å². The van der Waals surface area contributed by atoms with Crippen LogP contribution in [0.4, 0.5) is 0 Å². The molecule has 116 valence electrons. The summed E-state index contributed by atoms with van der Waals surface area (Å²) in [6.07, 6.45) is 0.250. The molecule has 1 aromatic heterocycles. The van der Waals surface area contributed by atoms with Gasteiger partial charge in [0.05, 0.1) is 0 Å². The van der Waals surface area contributed by atoms with Gasteiger partial charge in [0.2, 0.25) is 0 Å². The zero-order valence-electron chi connectivity index (χ0n) is 13.2. The van der Waals surface area contributed by atoms with Gasteiger partial charge in [-0.2, -0.15) is 9.59 Å². The van der Waals surface area contributed by atoms with Gasteiger partial charge in [0.1, 0.15) is 11.5 Å². The molecule has 3 heteroatoms. The van der Waals surface area contributed by atoms with Crippen molar-refractivity contribution in [1.82, 2.24) is 0 Å². The Morgan fingerprint density at radius 3 is 1.70 bits per heavy atom. The molecule has 0 saturated carbocycles. The molecule has 0 N–H and O–H groups in total. The molecule has 23 heavy (non-hydrogen) atoms. The molecule has 0 bridgehead atoms. The maximum absolute atomic E-state index is 8.12. The molecular formula is C20H18O3. The standard InChI is InChI=1S/C19H18O.CO2/c1-14(2)15-8-10-17(11-9-15)19-13-12-18(20-19)16-6-4-3-5-7-16;2-1-3/h3-14H,1-2H3;. The summed E-state index contributed by atoms with van der Waals surface area (Å²) in [5.74, 6) is 2.38. The van der Waals surface area contributed by atoms with E-state index in [0.29, 0.717) is 5.92 Å². The van der Waals surface area contributed by atoms with Crippen molar-refractivity contribution in [3.63, 3.8) is 0 Å². The molecule has 3 nitrogen and oxygen atoms in total. The summed E-state index contributed by atoms with van der Waals surface area (Å²) in [6, 6.07) is 22.8. The van der Waals surface area contributed by atoms with E-state index in [1.807, 2.05) is 30.3 Å². The van der Waals surface area contributed by atoms with E-state index in [1.54, 1.807) is 0 Å². The Bertz CT molecular complexity index is 762. The van der Waals surface area contributed by atoms with Gasteiger partial charge in [0, 0.05) is 11.1 Å². The molecule has 0 aliphatic heterocycles. The Morgan fingerprint density at radius 2 is 1.22 bits per heavy atom. The van der Waals surface area contributed by atoms with Crippen molar-refractivity contribution < 1.29 is 14.0 Å². The van der Waals surface area contributed by atoms with E-state index >= 15 is 0 Å². The summed E-state index contributed by atoms with van der Waals surface area (Å²) < 4.78 is 5.96. The number of carbonyl (C=O) groups excluding carboxylic acids is 2. The van der Waals surface area contributed by atoms with Gasteiger partial charge in [-0.15, -0.1) is 0 Å². The Balaban J connectivity index is 0.000000595. The van der Waals surface area contributed by atoms with E-state index in [9.17, 15) is 0 Å². The van der Waals surface area contributed by atoms with Gasteiger partial charge >= 0.3 is 6.15 Å². The Hall–Kier alpha value is -2.90. The highest BCUT2D eigenvalue weighted by Crippen LogP contribution is 2.29. The number of hydrogen-bond acceptors (Lipinski definition) is 3. The largest absolute Gasteiger partial charge is 0.456 e. The van der Waals surface area contributed by atoms with Crippen LogP contribution in [-0.4, -0.2) is 6.15 Å². The fourth-order valence-electron chi connectivity index (χ4n) is 2.28. The molecule has 0 radical (unpaired) electrons. The lowest BCUT2D eigenvalue weighted by molar-refractivity contribution is -0.191. The van der Waals surface area contributed by atoms with Crippen molar-refractivity contribution in [2.75, 3.05) is 0 Å². The number of hydrogen-bond donors (Lipinski definition) is 0. The predicted octanol–water partition coefficient (Wildman–Crippen LogP) is 5.15. The Labute approximate surface area is 135 Å². The Morgan fingerprint density at radius 1 is 0.739 bits per heavy atom. The van der Waals surface area contributed by atoms with Crippen LogP contribution in [0.3, 0.4) is 0 Å². The molecule has 0 aliphatic carbocycles. The molecule has 0 aliphatic rings. The van der Waals surface area contributed by atoms with E-state index in [4.69, 9.17) is 14.0 Å². The van der Waals surface area contributed by atoms with E-state index < -0.39 is 0 Å². The molecule has 0 amide bonds. The predicted molar refractivity (Wildman–Crippen MR) is 88.7 cm³/mol.